The summed E-state index contributed by atoms with van der Waals surface area (Å²) in [5.41, 5.74) is 0.769. The van der Waals surface area contributed by atoms with E-state index in [-0.39, 0.29) is 11.9 Å². The number of aromatic nitrogens is 3. The second-order valence-corrected chi connectivity index (χ2v) is 8.93. The van der Waals surface area contributed by atoms with Gasteiger partial charge in [0.05, 0.1) is 11.4 Å². The van der Waals surface area contributed by atoms with E-state index < -0.39 is 15.6 Å². The molecule has 0 radical (unpaired) electrons. The lowest BCUT2D eigenvalue weighted by Gasteiger charge is -2.42. The van der Waals surface area contributed by atoms with Crippen LogP contribution in [0.4, 0.5) is 5.82 Å². The monoisotopic (exact) mass is 365 g/mol. The molecule has 3 rings (SSSR count). The molecule has 0 aromatic carbocycles. The Hall–Kier alpha value is -2.16. The van der Waals surface area contributed by atoms with Crippen molar-refractivity contribution in [3.05, 3.63) is 18.6 Å². The maximum Gasteiger partial charge on any atom is 0.237 e. The quantitative estimate of drug-likeness (QED) is 0.855. The number of carbonyl (C=O) groups excluding carboxylic acids is 1. The van der Waals surface area contributed by atoms with Crippen LogP contribution >= 0.6 is 0 Å². The number of likely N-dealkylation sites (N-methyl/N-ethyl adjacent to an activating group) is 1. The lowest BCUT2D eigenvalue weighted by molar-refractivity contribution is -0.130. The van der Waals surface area contributed by atoms with Gasteiger partial charge in [0, 0.05) is 32.6 Å². The Morgan fingerprint density at radius 3 is 2.92 bits per heavy atom. The summed E-state index contributed by atoms with van der Waals surface area (Å²) < 4.78 is 22.8. The van der Waals surface area contributed by atoms with Gasteiger partial charge < -0.3 is 14.8 Å². The molecule has 1 aliphatic rings. The van der Waals surface area contributed by atoms with Crippen molar-refractivity contribution in [3.63, 3.8) is 0 Å². The number of hydrogen-bond acceptors (Lipinski definition) is 6. The van der Waals surface area contributed by atoms with Crippen molar-refractivity contribution in [1.82, 2.24) is 19.9 Å². The molecule has 1 saturated heterocycles. The fraction of sp³-hybridized carbons (Fsp3) is 0.562. The summed E-state index contributed by atoms with van der Waals surface area (Å²) in [7, 11) is -1.37. The van der Waals surface area contributed by atoms with Crippen LogP contribution in [0.5, 0.6) is 0 Å². The summed E-state index contributed by atoms with van der Waals surface area (Å²) in [5, 5.41) is 0.928. The Balaban J connectivity index is 1.82. The zero-order valence-corrected chi connectivity index (χ0v) is 15.5. The minimum absolute atomic E-state index is 0.0604. The average molecular weight is 365 g/mol. The summed E-state index contributed by atoms with van der Waals surface area (Å²) in [4.78, 5) is 27.7. The Bertz CT molecular complexity index is 879. The summed E-state index contributed by atoms with van der Waals surface area (Å²) >= 11 is 0. The van der Waals surface area contributed by atoms with Crippen molar-refractivity contribution in [2.45, 2.75) is 19.4 Å². The predicted octanol–water partition coefficient (Wildman–Crippen LogP) is 0.676. The van der Waals surface area contributed by atoms with Crippen molar-refractivity contribution in [2.75, 3.05) is 37.0 Å². The topological polar surface area (TPSA) is 99.3 Å². The van der Waals surface area contributed by atoms with Crippen LogP contribution in [0.25, 0.3) is 11.0 Å². The summed E-state index contributed by atoms with van der Waals surface area (Å²) in [6.07, 6.45) is 5.25. The van der Waals surface area contributed by atoms with Crippen LogP contribution in [-0.2, 0) is 14.6 Å². The molecule has 2 atom stereocenters. The molecule has 136 valence electrons. The molecule has 1 N–H and O–H groups in total. The molecular formula is C16H23N5O3S. The molecule has 0 spiro atoms. The van der Waals surface area contributed by atoms with Crippen LogP contribution in [0.1, 0.15) is 13.3 Å². The number of likely N-dealkylation sites (tertiary alicyclic amines) is 1. The maximum atomic E-state index is 12.3. The molecule has 3 heterocycles. The standard InChI is InChI=1S/C16H23N5O3S/c1-11-5-7-21(14(22)9-25(3,23)24)8-13(11)20(2)16-12-4-6-17-15(12)18-10-19-16/h4,6,10-11,13H,5,7-9H2,1-3H3,(H,17,18,19). The number of carbonyl (C=O) groups is 1. The highest BCUT2D eigenvalue weighted by atomic mass is 32.2. The number of piperidine rings is 1. The highest BCUT2D eigenvalue weighted by Gasteiger charge is 2.33. The highest BCUT2D eigenvalue weighted by molar-refractivity contribution is 7.91. The number of rotatable bonds is 4. The van der Waals surface area contributed by atoms with Crippen molar-refractivity contribution in [1.29, 1.82) is 0 Å². The number of fused-ring (bicyclic) bond motifs is 1. The lowest BCUT2D eigenvalue weighted by atomic mass is 9.92. The van der Waals surface area contributed by atoms with Crippen molar-refractivity contribution in [3.8, 4) is 0 Å². The minimum atomic E-state index is -3.33. The predicted molar refractivity (Wildman–Crippen MR) is 96.2 cm³/mol. The number of nitrogens with zero attached hydrogens (tertiary/aromatic N) is 4. The fourth-order valence-electron chi connectivity index (χ4n) is 3.39. The molecule has 1 aliphatic heterocycles. The zero-order valence-electron chi connectivity index (χ0n) is 14.6. The Labute approximate surface area is 147 Å². The van der Waals surface area contributed by atoms with Gasteiger partial charge in [-0.25, -0.2) is 18.4 Å². The Morgan fingerprint density at radius 2 is 2.20 bits per heavy atom. The van der Waals surface area contributed by atoms with E-state index in [0.717, 1.165) is 29.5 Å². The van der Waals surface area contributed by atoms with Gasteiger partial charge in [-0.2, -0.15) is 0 Å². The number of sulfone groups is 1. The number of hydrogen-bond donors (Lipinski definition) is 1. The zero-order chi connectivity index (χ0) is 18.2. The Morgan fingerprint density at radius 1 is 1.44 bits per heavy atom. The molecule has 2 aromatic heterocycles. The molecule has 1 amide bonds. The first-order valence-electron chi connectivity index (χ1n) is 8.22. The van der Waals surface area contributed by atoms with Gasteiger partial charge in [0.25, 0.3) is 0 Å². The molecule has 0 aliphatic carbocycles. The van der Waals surface area contributed by atoms with Gasteiger partial charge >= 0.3 is 0 Å². The normalized spacial score (nSPS) is 21.5. The molecule has 25 heavy (non-hydrogen) atoms. The molecule has 0 saturated carbocycles. The van der Waals surface area contributed by atoms with Gasteiger partial charge in [0.2, 0.25) is 5.91 Å². The molecule has 1 fully saturated rings. The molecule has 9 heteroatoms. The number of anilines is 1. The smallest absolute Gasteiger partial charge is 0.237 e. The van der Waals surface area contributed by atoms with Crippen molar-refractivity contribution in [2.24, 2.45) is 5.92 Å². The van der Waals surface area contributed by atoms with Crippen LogP contribution in [0.15, 0.2) is 18.6 Å². The first-order valence-corrected chi connectivity index (χ1v) is 10.3. The number of H-pyrrole nitrogens is 1. The van der Waals surface area contributed by atoms with Crippen molar-refractivity contribution >= 4 is 32.6 Å². The van der Waals surface area contributed by atoms with E-state index in [0.29, 0.717) is 19.0 Å². The van der Waals surface area contributed by atoms with Crippen LogP contribution in [0.3, 0.4) is 0 Å². The Kier molecular flexibility index (Phi) is 4.68. The first-order chi connectivity index (χ1) is 11.8. The second-order valence-electron chi connectivity index (χ2n) is 6.79. The highest BCUT2D eigenvalue weighted by Crippen LogP contribution is 2.28. The molecule has 2 unspecified atom stereocenters. The van der Waals surface area contributed by atoms with E-state index in [9.17, 15) is 13.2 Å². The molecule has 2 aromatic rings. The van der Waals surface area contributed by atoms with Crippen LogP contribution < -0.4 is 4.90 Å². The number of aromatic amines is 1. The third-order valence-electron chi connectivity index (χ3n) is 4.82. The van der Waals surface area contributed by atoms with E-state index in [4.69, 9.17) is 0 Å². The van der Waals surface area contributed by atoms with Gasteiger partial charge in [-0.05, 0) is 18.4 Å². The summed E-state index contributed by atoms with van der Waals surface area (Å²) in [6, 6.07) is 1.99. The third-order valence-corrected chi connectivity index (χ3v) is 5.59. The van der Waals surface area contributed by atoms with E-state index in [1.165, 1.54) is 6.33 Å². The first kappa shape index (κ1) is 17.7. The third kappa shape index (κ3) is 3.76. The molecular weight excluding hydrogens is 342 g/mol. The van der Waals surface area contributed by atoms with Gasteiger partial charge in [-0.15, -0.1) is 0 Å². The van der Waals surface area contributed by atoms with E-state index in [1.54, 1.807) is 4.90 Å². The van der Waals surface area contributed by atoms with Crippen LogP contribution in [0, 0.1) is 5.92 Å². The number of amides is 1. The van der Waals surface area contributed by atoms with Gasteiger partial charge in [-0.1, -0.05) is 6.92 Å². The average Bonchev–Trinajstić information content (AvgIpc) is 3.01. The van der Waals surface area contributed by atoms with Crippen LogP contribution in [-0.4, -0.2) is 72.4 Å². The fourth-order valence-corrected chi connectivity index (χ4v) is 4.02. The largest absolute Gasteiger partial charge is 0.354 e. The van der Waals surface area contributed by atoms with Crippen molar-refractivity contribution < 1.29 is 13.2 Å². The number of nitrogens with one attached hydrogen (secondary N) is 1. The van der Waals surface area contributed by atoms with Crippen LogP contribution in [0.2, 0.25) is 0 Å². The van der Waals surface area contributed by atoms with Gasteiger partial charge in [0.1, 0.15) is 23.5 Å². The minimum Gasteiger partial charge on any atom is -0.354 e. The SMILES string of the molecule is CC1CCN(C(=O)CS(C)(=O)=O)CC1N(C)c1ncnc2[nH]ccc12. The van der Waals surface area contributed by atoms with Gasteiger partial charge in [-0.3, -0.25) is 4.79 Å². The van der Waals surface area contributed by atoms with Gasteiger partial charge in [0.15, 0.2) is 9.84 Å². The van der Waals surface area contributed by atoms with E-state index in [1.807, 2.05) is 19.3 Å². The second kappa shape index (κ2) is 6.62. The molecule has 8 nitrogen and oxygen atoms in total. The van der Waals surface area contributed by atoms with E-state index >= 15 is 0 Å². The summed E-state index contributed by atoms with van der Waals surface area (Å²) in [5.74, 6) is 0.395. The lowest BCUT2D eigenvalue weighted by Crippen LogP contribution is -2.53. The molecule has 0 bridgehead atoms. The van der Waals surface area contributed by atoms with E-state index in [2.05, 4.69) is 26.8 Å². The maximum absolute atomic E-state index is 12.3. The summed E-state index contributed by atoms with van der Waals surface area (Å²) in [6.45, 7) is 3.22.